The van der Waals surface area contributed by atoms with Gasteiger partial charge in [-0.1, -0.05) is 20.8 Å². The van der Waals surface area contributed by atoms with Crippen molar-refractivity contribution in [3.63, 3.8) is 0 Å². The molecule has 3 aromatic carbocycles. The van der Waals surface area contributed by atoms with E-state index >= 15 is 0 Å². The first-order chi connectivity index (χ1) is 43.8. The van der Waals surface area contributed by atoms with E-state index in [2.05, 4.69) is 69.9 Å². The van der Waals surface area contributed by atoms with E-state index in [1.807, 2.05) is 160 Å². The Labute approximate surface area is 536 Å². The number of aromatic nitrogens is 9. The van der Waals surface area contributed by atoms with Gasteiger partial charge in [-0.05, 0) is 111 Å². The molecule has 484 valence electrons. The molecule has 4 N–H and O–H groups in total. The molecule has 0 bridgehead atoms. The van der Waals surface area contributed by atoms with Crippen molar-refractivity contribution in [1.29, 1.82) is 0 Å². The standard InChI is InChI=1S/C25H32N6O3.C21H26N6O3S.C20H24N6O/c1-7-16-10-17(23(32)28-18-13-31(14-18)24(33)34-25(2,3)4)8-9-20(16)30(6)22-11-21-19(12-26-22)27-15-29(21)5;1-5-14-8-15(21(28)24-16-11-27(12-16)31(4,29)30)6-7-18(14)26(3)20-9-19-17(10-22-20)23-13-25(19)2;1-4-13-7-14(20(27)24-15-9-21-10-15)5-6-17(13)26(3)19-8-18-16(11-22-19)23-12-25(18)2/h8-12,15,18H,7,13-14H2,1-6H3,(H,28,32);6-10,13,16H,5,11-12H2,1-4H3,(H,24,28);5-8,11-12,15,21H,4,9-10H2,1-3H3,(H,24,27). The first-order valence-electron chi connectivity index (χ1n) is 30.8. The summed E-state index contributed by atoms with van der Waals surface area (Å²) in [5, 5.41) is 12.1. The molecule has 0 unspecified atom stereocenters. The van der Waals surface area contributed by atoms with Gasteiger partial charge in [-0.25, -0.2) is 43.1 Å². The van der Waals surface area contributed by atoms with Gasteiger partial charge in [-0.3, -0.25) is 14.4 Å². The van der Waals surface area contributed by atoms with Crippen molar-refractivity contribution < 1.29 is 32.3 Å². The number of imidazole rings is 3. The third-order valence-corrected chi connectivity index (χ3v) is 17.9. The van der Waals surface area contributed by atoms with Gasteiger partial charge in [-0.15, -0.1) is 0 Å². The maximum absolute atomic E-state index is 12.8. The topological polar surface area (TPSA) is 268 Å². The Balaban J connectivity index is 0.000000152. The third-order valence-electron chi connectivity index (χ3n) is 16.7. The third kappa shape index (κ3) is 14.6. The summed E-state index contributed by atoms with van der Waals surface area (Å²) < 4.78 is 35.6. The second kappa shape index (κ2) is 27.1. The molecule has 0 aliphatic carbocycles. The van der Waals surface area contributed by atoms with Crippen molar-refractivity contribution in [3.05, 3.63) is 144 Å². The smallest absolute Gasteiger partial charge is 0.410 e. The Kier molecular flexibility index (Phi) is 19.3. The lowest BCUT2D eigenvalue weighted by Crippen LogP contribution is -2.61. The molecular formula is C66H82N18O7S. The predicted molar refractivity (Wildman–Crippen MR) is 358 cm³/mol. The Bertz CT molecular complexity index is 4330. The monoisotopic (exact) mass is 1270 g/mol. The Hall–Kier alpha value is -9.53. The van der Waals surface area contributed by atoms with Crippen molar-refractivity contribution in [3.8, 4) is 0 Å². The number of benzene rings is 3. The molecule has 0 saturated carbocycles. The second-order valence-electron chi connectivity index (χ2n) is 24.6. The molecule has 4 amide bonds. The van der Waals surface area contributed by atoms with Crippen LogP contribution in [0.25, 0.3) is 33.1 Å². The fraction of sp³-hybridized carbons (Fsp3) is 0.394. The average molecular weight is 1270 g/mol. The van der Waals surface area contributed by atoms with Crippen molar-refractivity contribution in [2.24, 2.45) is 21.1 Å². The first-order valence-corrected chi connectivity index (χ1v) is 32.6. The van der Waals surface area contributed by atoms with Crippen LogP contribution in [0, 0.1) is 0 Å². The number of fused-ring (bicyclic) bond motifs is 3. The molecule has 9 heterocycles. The summed E-state index contributed by atoms with van der Waals surface area (Å²) in [5.74, 6) is 2.08. The predicted octanol–water partition coefficient (Wildman–Crippen LogP) is 7.32. The molecule has 92 heavy (non-hydrogen) atoms. The van der Waals surface area contributed by atoms with Crippen LogP contribution in [-0.4, -0.2) is 175 Å². The number of aryl methyl sites for hydroxylation is 6. The molecule has 25 nitrogen and oxygen atoms in total. The van der Waals surface area contributed by atoms with E-state index in [0.717, 1.165) is 117 Å². The van der Waals surface area contributed by atoms with E-state index in [0.29, 0.717) is 42.9 Å². The van der Waals surface area contributed by atoms with Crippen molar-refractivity contribution in [2.75, 3.05) is 81.4 Å². The largest absolute Gasteiger partial charge is 0.444 e. The molecule has 3 saturated heterocycles. The summed E-state index contributed by atoms with van der Waals surface area (Å²) in [6.07, 6.45) is 13.8. The minimum Gasteiger partial charge on any atom is -0.444 e. The van der Waals surface area contributed by atoms with Crippen LogP contribution in [0.5, 0.6) is 0 Å². The number of hydrogen-bond donors (Lipinski definition) is 4. The lowest BCUT2D eigenvalue weighted by atomic mass is 10.0. The van der Waals surface area contributed by atoms with Gasteiger partial charge in [0.05, 0.1) is 78.5 Å². The molecule has 3 fully saturated rings. The minimum atomic E-state index is -3.20. The van der Waals surface area contributed by atoms with Crippen LogP contribution < -0.4 is 36.0 Å². The Morgan fingerprint density at radius 2 is 0.870 bits per heavy atom. The fourth-order valence-corrected chi connectivity index (χ4v) is 11.9. The number of pyridine rings is 3. The highest BCUT2D eigenvalue weighted by Crippen LogP contribution is 2.33. The van der Waals surface area contributed by atoms with E-state index in [-0.39, 0.29) is 41.9 Å². The maximum Gasteiger partial charge on any atom is 0.410 e. The average Bonchev–Trinajstić information content (AvgIpc) is 1.33. The summed E-state index contributed by atoms with van der Waals surface area (Å²) in [6.45, 7) is 14.9. The molecule has 0 spiro atoms. The number of rotatable bonds is 16. The van der Waals surface area contributed by atoms with Gasteiger partial charge in [0.1, 0.15) is 39.6 Å². The molecule has 9 aromatic rings. The normalized spacial score (nSPS) is 14.5. The molecule has 0 atom stereocenters. The van der Waals surface area contributed by atoms with Gasteiger partial charge >= 0.3 is 6.09 Å². The van der Waals surface area contributed by atoms with Crippen molar-refractivity contribution >= 4 is 101 Å². The van der Waals surface area contributed by atoms with E-state index < -0.39 is 15.6 Å². The highest BCUT2D eigenvalue weighted by atomic mass is 32.2. The molecule has 6 aromatic heterocycles. The minimum absolute atomic E-state index is 0.0140. The van der Waals surface area contributed by atoms with Gasteiger partial charge in [0.2, 0.25) is 10.0 Å². The summed E-state index contributed by atoms with van der Waals surface area (Å²) >= 11 is 0. The van der Waals surface area contributed by atoms with Crippen LogP contribution in [0.2, 0.25) is 0 Å². The zero-order valence-electron chi connectivity index (χ0n) is 54.5. The quantitative estimate of drug-likeness (QED) is 0.0738. The number of carbonyl (C=O) groups is 4. The van der Waals surface area contributed by atoms with Crippen LogP contribution in [0.3, 0.4) is 0 Å². The van der Waals surface area contributed by atoms with Gasteiger partial charge in [0.25, 0.3) is 17.7 Å². The van der Waals surface area contributed by atoms with Gasteiger partial charge in [-0.2, -0.15) is 4.31 Å². The SMILES string of the molecule is CCc1cc(C(=O)NC2CN(C(=O)OC(C)(C)C)C2)ccc1N(C)c1cc2c(cn1)ncn2C.CCc1cc(C(=O)NC2CN(S(C)(=O)=O)C2)ccc1N(C)c1cc2c(cn1)ncn2C.CCc1cc(C(=O)NC2CNC2)ccc1N(C)c1cc2c(cn1)ncn2C. The van der Waals surface area contributed by atoms with Crippen LogP contribution in [0.15, 0.2) is 110 Å². The number of hydrogen-bond acceptors (Lipinski definition) is 17. The number of nitrogens with zero attached hydrogens (tertiary/aromatic N) is 14. The summed E-state index contributed by atoms with van der Waals surface area (Å²) in [6, 6.07) is 23.2. The lowest BCUT2D eigenvalue weighted by Gasteiger charge is -2.40. The van der Waals surface area contributed by atoms with Crippen LogP contribution in [-0.2, 0) is 55.2 Å². The van der Waals surface area contributed by atoms with Crippen LogP contribution in [0.1, 0.15) is 89.3 Å². The zero-order valence-corrected chi connectivity index (χ0v) is 55.3. The number of ether oxygens (including phenoxy) is 1. The number of amides is 4. The molecule has 3 aliphatic heterocycles. The maximum atomic E-state index is 12.8. The summed E-state index contributed by atoms with van der Waals surface area (Å²) in [7, 11) is 8.60. The Morgan fingerprint density at radius 1 is 0.533 bits per heavy atom. The number of nitrogens with one attached hydrogen (secondary N) is 4. The molecule has 12 rings (SSSR count). The van der Waals surface area contributed by atoms with E-state index in [1.165, 1.54) is 10.6 Å². The molecular weight excluding hydrogens is 1190 g/mol. The number of anilines is 6. The highest BCUT2D eigenvalue weighted by Gasteiger charge is 2.36. The summed E-state index contributed by atoms with van der Waals surface area (Å²) in [4.78, 5) is 84.3. The number of sulfonamides is 1. The van der Waals surface area contributed by atoms with E-state index in [9.17, 15) is 27.6 Å². The van der Waals surface area contributed by atoms with Gasteiger partial charge in [0.15, 0.2) is 0 Å². The Morgan fingerprint density at radius 3 is 1.17 bits per heavy atom. The van der Waals surface area contributed by atoms with Crippen LogP contribution in [0.4, 0.5) is 39.3 Å². The van der Waals surface area contributed by atoms with E-state index in [4.69, 9.17) is 4.74 Å². The van der Waals surface area contributed by atoms with Crippen molar-refractivity contribution in [1.82, 2.24) is 74.1 Å². The molecule has 26 heteroatoms. The lowest BCUT2D eigenvalue weighted by molar-refractivity contribution is 0.00531. The number of carbonyl (C=O) groups excluding carboxylic acids is 4. The number of likely N-dealkylation sites (tertiary alicyclic amines) is 1. The molecule has 3 aliphatic rings. The van der Waals surface area contributed by atoms with E-state index in [1.54, 1.807) is 48.5 Å². The summed E-state index contributed by atoms with van der Waals surface area (Å²) in [5.41, 5.74) is 13.1. The first kappa shape index (κ1) is 65.4. The van der Waals surface area contributed by atoms with Crippen molar-refractivity contribution in [2.45, 2.75) is 84.5 Å². The van der Waals surface area contributed by atoms with Crippen LogP contribution >= 0.6 is 0 Å². The van der Waals surface area contributed by atoms with Gasteiger partial charge < -0.3 is 59.3 Å². The zero-order chi connectivity index (χ0) is 65.9. The second-order valence-corrected chi connectivity index (χ2v) is 26.5. The fourth-order valence-electron chi connectivity index (χ4n) is 11.0. The molecule has 0 radical (unpaired) electrons. The highest BCUT2D eigenvalue weighted by molar-refractivity contribution is 7.88. The van der Waals surface area contributed by atoms with Gasteiger partial charge in [0, 0.05) is 134 Å².